The molecule has 3 heteroatoms. The van der Waals surface area contributed by atoms with Crippen LogP contribution in [0, 0.1) is 5.92 Å². The Bertz CT molecular complexity index is 113. The summed E-state index contributed by atoms with van der Waals surface area (Å²) in [5.74, 6) is 1.10. The highest BCUT2D eigenvalue weighted by atomic mass is 79.9. The molecule has 2 nitrogen and oxygen atoms in total. The molecule has 0 radical (unpaired) electrons. The van der Waals surface area contributed by atoms with Crippen molar-refractivity contribution in [3.8, 4) is 0 Å². The maximum absolute atomic E-state index is 9.18. The van der Waals surface area contributed by atoms with Crippen molar-refractivity contribution < 1.29 is 9.53 Å². The summed E-state index contributed by atoms with van der Waals surface area (Å²) in [7, 11) is 0. The summed E-state index contributed by atoms with van der Waals surface area (Å²) in [5.41, 5.74) is 0. The number of carbonyl (C=O) groups excluding carboxylic acids is 1. The van der Waals surface area contributed by atoms with Crippen molar-refractivity contribution in [2.24, 2.45) is 5.92 Å². The zero-order valence-electron chi connectivity index (χ0n) is 8.30. The third-order valence-electron chi connectivity index (χ3n) is 2.21. The Morgan fingerprint density at radius 3 is 2.46 bits per heavy atom. The van der Waals surface area contributed by atoms with Crippen molar-refractivity contribution in [1.29, 1.82) is 0 Å². The van der Waals surface area contributed by atoms with Crippen LogP contribution in [0.4, 0.5) is 0 Å². The molecule has 1 saturated carbocycles. The zero-order chi connectivity index (χ0) is 9.94. The molecule has 0 unspecified atom stereocenters. The number of halogens is 1. The average molecular weight is 251 g/mol. The van der Waals surface area contributed by atoms with Gasteiger partial charge < -0.3 is 4.74 Å². The second kappa shape index (κ2) is 10.0. The van der Waals surface area contributed by atoms with Crippen LogP contribution in [0.15, 0.2) is 0 Å². The molecule has 1 fully saturated rings. The largest absolute Gasteiger partial charge is 0.468 e. The Balaban J connectivity index is 0.000000252. The Hall–Kier alpha value is -0.0500. The number of carbonyl (C=O) groups is 1. The van der Waals surface area contributed by atoms with E-state index >= 15 is 0 Å². The van der Waals surface area contributed by atoms with Gasteiger partial charge in [-0.2, -0.15) is 0 Å². The van der Waals surface area contributed by atoms with Crippen molar-refractivity contribution in [3.05, 3.63) is 0 Å². The maximum atomic E-state index is 9.18. The summed E-state index contributed by atoms with van der Waals surface area (Å²) in [4.78, 5) is 9.18. The van der Waals surface area contributed by atoms with Gasteiger partial charge in [-0.05, 0) is 25.7 Å². The maximum Gasteiger partial charge on any atom is 0.293 e. The topological polar surface area (TPSA) is 26.3 Å². The smallest absolute Gasteiger partial charge is 0.293 e. The molecule has 1 aliphatic rings. The molecular weight excluding hydrogens is 232 g/mol. The van der Waals surface area contributed by atoms with Gasteiger partial charge in [0.15, 0.2) is 0 Å². The number of alkyl halides is 1. The van der Waals surface area contributed by atoms with Crippen molar-refractivity contribution in [3.63, 3.8) is 0 Å². The fourth-order valence-electron chi connectivity index (χ4n) is 1.22. The lowest BCUT2D eigenvalue weighted by Gasteiger charge is -2.24. The van der Waals surface area contributed by atoms with E-state index in [1.807, 2.05) is 0 Å². The van der Waals surface area contributed by atoms with E-state index in [1.165, 1.54) is 37.4 Å². The van der Waals surface area contributed by atoms with Gasteiger partial charge in [0, 0.05) is 5.33 Å². The Labute approximate surface area is 89.2 Å². The molecular formula is C10H19BrO2. The molecule has 0 N–H and O–H groups in total. The van der Waals surface area contributed by atoms with Crippen LogP contribution in [0.3, 0.4) is 0 Å². The fraction of sp³-hybridized carbons (Fsp3) is 0.900. The van der Waals surface area contributed by atoms with Crippen LogP contribution >= 0.6 is 15.9 Å². The Morgan fingerprint density at radius 2 is 2.23 bits per heavy atom. The van der Waals surface area contributed by atoms with E-state index < -0.39 is 0 Å². The molecule has 0 aromatic carbocycles. The van der Waals surface area contributed by atoms with Gasteiger partial charge in [0.05, 0.1) is 6.61 Å². The highest BCUT2D eigenvalue weighted by Gasteiger charge is 2.15. The predicted octanol–water partition coefficient (Wildman–Crippen LogP) is 3.14. The van der Waals surface area contributed by atoms with Crippen LogP contribution < -0.4 is 0 Å². The molecule has 1 aliphatic carbocycles. The summed E-state index contributed by atoms with van der Waals surface area (Å²) >= 11 is 3.43. The van der Waals surface area contributed by atoms with Gasteiger partial charge in [-0.3, -0.25) is 4.79 Å². The number of ether oxygens (including phenoxy) is 1. The average Bonchev–Trinajstić information content (AvgIpc) is 2.05. The predicted molar refractivity (Wildman–Crippen MR) is 58.1 cm³/mol. The monoisotopic (exact) mass is 250 g/mol. The Kier molecular flexibility index (Phi) is 10.00. The normalized spacial score (nSPS) is 15.2. The second-order valence-electron chi connectivity index (χ2n) is 3.18. The van der Waals surface area contributed by atoms with Crippen molar-refractivity contribution in [2.75, 3.05) is 11.9 Å². The van der Waals surface area contributed by atoms with Gasteiger partial charge >= 0.3 is 0 Å². The number of hydrogen-bond acceptors (Lipinski definition) is 2. The fourth-order valence-corrected chi connectivity index (χ4v) is 1.54. The van der Waals surface area contributed by atoms with Crippen LogP contribution in [0.25, 0.3) is 0 Å². The molecule has 0 bridgehead atoms. The minimum atomic E-state index is 0.431. The first-order chi connectivity index (χ1) is 6.35. The van der Waals surface area contributed by atoms with Gasteiger partial charge in [0.25, 0.3) is 6.47 Å². The molecule has 0 aromatic heterocycles. The van der Waals surface area contributed by atoms with Crippen molar-refractivity contribution >= 4 is 22.4 Å². The zero-order valence-corrected chi connectivity index (χ0v) is 9.88. The van der Waals surface area contributed by atoms with Crippen LogP contribution in [-0.2, 0) is 9.53 Å². The summed E-state index contributed by atoms with van der Waals surface area (Å²) in [5, 5.41) is 1.20. The summed E-state index contributed by atoms with van der Waals surface area (Å²) in [6.07, 6.45) is 7.35. The van der Waals surface area contributed by atoms with Crippen LogP contribution in [0.5, 0.6) is 0 Å². The van der Waals surface area contributed by atoms with Crippen molar-refractivity contribution in [2.45, 2.75) is 39.0 Å². The molecule has 0 saturated heterocycles. The molecule has 1 rings (SSSR count). The Morgan fingerprint density at radius 1 is 1.54 bits per heavy atom. The lowest BCUT2D eigenvalue weighted by molar-refractivity contribution is -0.128. The van der Waals surface area contributed by atoms with Gasteiger partial charge in [-0.15, -0.1) is 0 Å². The number of rotatable bonds is 5. The lowest BCUT2D eigenvalue weighted by Crippen LogP contribution is -2.10. The standard InChI is InChI=1S/C7H13Br.C3H6O2/c8-6-2-5-7-3-1-4-7;1-2-5-3-4/h7H,1-6H2;3H,2H2,1H3. The van der Waals surface area contributed by atoms with E-state index in [9.17, 15) is 4.79 Å². The van der Waals surface area contributed by atoms with Gasteiger partial charge in [0.1, 0.15) is 0 Å². The molecule has 78 valence electrons. The van der Waals surface area contributed by atoms with Gasteiger partial charge in [-0.25, -0.2) is 0 Å². The van der Waals surface area contributed by atoms with E-state index in [0.717, 1.165) is 5.92 Å². The molecule has 0 atom stereocenters. The lowest BCUT2D eigenvalue weighted by atomic mass is 9.82. The third-order valence-corrected chi connectivity index (χ3v) is 2.77. The highest BCUT2D eigenvalue weighted by Crippen LogP contribution is 2.30. The summed E-state index contributed by atoms with van der Waals surface area (Å²) in [6, 6.07) is 0. The molecule has 0 aliphatic heterocycles. The first kappa shape index (κ1) is 12.9. The minimum absolute atomic E-state index is 0.431. The van der Waals surface area contributed by atoms with Gasteiger partial charge in [-0.1, -0.05) is 35.2 Å². The van der Waals surface area contributed by atoms with Crippen molar-refractivity contribution in [1.82, 2.24) is 0 Å². The van der Waals surface area contributed by atoms with E-state index in [1.54, 1.807) is 6.92 Å². The molecule has 13 heavy (non-hydrogen) atoms. The van der Waals surface area contributed by atoms with E-state index in [2.05, 4.69) is 20.7 Å². The molecule has 0 heterocycles. The first-order valence-electron chi connectivity index (χ1n) is 4.96. The quantitative estimate of drug-likeness (QED) is 0.554. The van der Waals surface area contributed by atoms with Crippen LogP contribution in [0.2, 0.25) is 0 Å². The minimum Gasteiger partial charge on any atom is -0.468 e. The van der Waals surface area contributed by atoms with E-state index in [4.69, 9.17) is 0 Å². The highest BCUT2D eigenvalue weighted by molar-refractivity contribution is 9.09. The SMILES string of the molecule is BrCCCC1CCC1.CCOC=O. The van der Waals surface area contributed by atoms with Crippen LogP contribution in [-0.4, -0.2) is 18.4 Å². The molecule has 0 amide bonds. The van der Waals surface area contributed by atoms with Crippen LogP contribution in [0.1, 0.15) is 39.0 Å². The summed E-state index contributed by atoms with van der Waals surface area (Å²) < 4.78 is 4.15. The molecule has 0 spiro atoms. The second-order valence-corrected chi connectivity index (χ2v) is 3.97. The van der Waals surface area contributed by atoms with Gasteiger partial charge in [0.2, 0.25) is 0 Å². The number of hydrogen-bond donors (Lipinski definition) is 0. The summed E-state index contributed by atoms with van der Waals surface area (Å²) in [6.45, 7) is 2.66. The van der Waals surface area contributed by atoms with E-state index in [-0.39, 0.29) is 0 Å². The van der Waals surface area contributed by atoms with E-state index in [0.29, 0.717) is 13.1 Å². The first-order valence-corrected chi connectivity index (χ1v) is 6.08. The third kappa shape index (κ3) is 8.28. The molecule has 0 aromatic rings.